The van der Waals surface area contributed by atoms with E-state index in [0.29, 0.717) is 12.4 Å². The molecule has 1 heterocycles. The molecule has 0 aliphatic rings. The van der Waals surface area contributed by atoms with Crippen molar-refractivity contribution >= 4 is 11.8 Å². The van der Waals surface area contributed by atoms with Gasteiger partial charge in [-0.25, -0.2) is 0 Å². The van der Waals surface area contributed by atoms with Crippen molar-refractivity contribution < 1.29 is 17.9 Å². The molecule has 0 spiro atoms. The summed E-state index contributed by atoms with van der Waals surface area (Å²) in [5, 5.41) is 9.13. The number of benzene rings is 2. The highest BCUT2D eigenvalue weighted by Gasteiger charge is 2.30. The van der Waals surface area contributed by atoms with Crippen LogP contribution in [0.5, 0.6) is 5.75 Å². The van der Waals surface area contributed by atoms with Crippen LogP contribution in [0, 0.1) is 6.92 Å². The fraction of sp³-hybridized carbons (Fsp3) is 0.300. The van der Waals surface area contributed by atoms with Crippen molar-refractivity contribution in [3.05, 3.63) is 71.0 Å². The zero-order chi connectivity index (χ0) is 20.1. The van der Waals surface area contributed by atoms with E-state index in [1.165, 1.54) is 23.3 Å². The van der Waals surface area contributed by atoms with Gasteiger partial charge in [-0.15, -0.1) is 10.2 Å². The summed E-state index contributed by atoms with van der Waals surface area (Å²) in [5.41, 5.74) is 1.70. The maximum Gasteiger partial charge on any atom is 0.416 e. The lowest BCUT2D eigenvalue weighted by Crippen LogP contribution is -2.08. The van der Waals surface area contributed by atoms with Gasteiger partial charge >= 0.3 is 6.18 Å². The van der Waals surface area contributed by atoms with Crippen molar-refractivity contribution in [3.63, 3.8) is 0 Å². The molecule has 0 saturated carbocycles. The average molecular weight is 407 g/mol. The van der Waals surface area contributed by atoms with Crippen LogP contribution in [0.1, 0.15) is 29.4 Å². The highest BCUT2D eigenvalue weighted by atomic mass is 32.2. The number of ether oxygens (including phenoxy) is 1. The number of aromatic nitrogens is 3. The Morgan fingerprint density at radius 2 is 1.86 bits per heavy atom. The molecule has 28 heavy (non-hydrogen) atoms. The summed E-state index contributed by atoms with van der Waals surface area (Å²) in [6.45, 7) is 4.72. The predicted molar refractivity (Wildman–Crippen MR) is 102 cm³/mol. The van der Waals surface area contributed by atoms with Crippen molar-refractivity contribution in [2.45, 2.75) is 44.1 Å². The molecule has 0 atom stereocenters. The second kappa shape index (κ2) is 8.68. The third-order valence-electron chi connectivity index (χ3n) is 4.26. The van der Waals surface area contributed by atoms with Crippen LogP contribution in [-0.2, 0) is 25.1 Å². The largest absolute Gasteiger partial charge is 0.486 e. The minimum Gasteiger partial charge on any atom is -0.486 e. The van der Waals surface area contributed by atoms with E-state index < -0.39 is 11.7 Å². The number of thioether (sulfide) groups is 1. The molecule has 0 saturated heterocycles. The molecule has 0 unspecified atom stereocenters. The Hall–Kier alpha value is -2.48. The first-order valence-electron chi connectivity index (χ1n) is 8.78. The van der Waals surface area contributed by atoms with Crippen LogP contribution in [0.3, 0.4) is 0 Å². The van der Waals surface area contributed by atoms with E-state index >= 15 is 0 Å². The number of hydrogen-bond acceptors (Lipinski definition) is 4. The van der Waals surface area contributed by atoms with Crippen LogP contribution >= 0.6 is 11.8 Å². The van der Waals surface area contributed by atoms with Gasteiger partial charge in [0.25, 0.3) is 0 Å². The normalized spacial score (nSPS) is 11.6. The summed E-state index contributed by atoms with van der Waals surface area (Å²) in [6.07, 6.45) is -4.40. The Morgan fingerprint density at radius 1 is 1.07 bits per heavy atom. The molecule has 2 aromatic carbocycles. The first-order chi connectivity index (χ1) is 13.4. The first-order valence-corrected chi connectivity index (χ1v) is 9.76. The minimum atomic E-state index is -4.40. The zero-order valence-electron chi connectivity index (χ0n) is 15.5. The molecule has 0 aliphatic carbocycles. The first kappa shape index (κ1) is 20.3. The smallest absolute Gasteiger partial charge is 0.416 e. The fourth-order valence-electron chi connectivity index (χ4n) is 2.67. The van der Waals surface area contributed by atoms with Gasteiger partial charge in [-0.2, -0.15) is 13.2 Å². The van der Waals surface area contributed by atoms with Gasteiger partial charge in [0, 0.05) is 12.3 Å². The highest BCUT2D eigenvalue weighted by Crippen LogP contribution is 2.31. The predicted octanol–water partition coefficient (Wildman–Crippen LogP) is 5.50. The molecule has 8 heteroatoms. The van der Waals surface area contributed by atoms with E-state index in [0.717, 1.165) is 23.0 Å². The highest BCUT2D eigenvalue weighted by molar-refractivity contribution is 7.98. The Bertz CT molecular complexity index is 940. The summed E-state index contributed by atoms with van der Waals surface area (Å²) in [7, 11) is 0. The van der Waals surface area contributed by atoms with Gasteiger partial charge in [0.15, 0.2) is 11.0 Å². The van der Waals surface area contributed by atoms with Gasteiger partial charge < -0.3 is 9.30 Å². The van der Waals surface area contributed by atoms with Gasteiger partial charge in [-0.3, -0.25) is 0 Å². The summed E-state index contributed by atoms with van der Waals surface area (Å²) in [5.74, 6) is 1.49. The SMILES string of the molecule is CCn1c(COc2cccc(C(F)(F)F)c2)nnc1SCc1ccccc1C. The van der Waals surface area contributed by atoms with Crippen molar-refractivity contribution in [2.75, 3.05) is 0 Å². The molecule has 0 fully saturated rings. The van der Waals surface area contributed by atoms with Crippen molar-refractivity contribution in [3.8, 4) is 5.75 Å². The lowest BCUT2D eigenvalue weighted by molar-refractivity contribution is -0.137. The maximum atomic E-state index is 12.8. The Kier molecular flexibility index (Phi) is 6.28. The van der Waals surface area contributed by atoms with Crippen LogP contribution in [0.25, 0.3) is 0 Å². The van der Waals surface area contributed by atoms with E-state index in [4.69, 9.17) is 4.74 Å². The standard InChI is InChI=1S/C20H20F3N3OS/c1-3-26-18(12-27-17-10-6-9-16(11-17)20(21,22)23)24-25-19(26)28-13-15-8-5-4-7-14(15)2/h4-11H,3,12-13H2,1-2H3. The van der Waals surface area contributed by atoms with Gasteiger partial charge in [0.05, 0.1) is 5.56 Å². The molecule has 0 N–H and O–H groups in total. The molecule has 0 radical (unpaired) electrons. The molecule has 0 aliphatic heterocycles. The third kappa shape index (κ3) is 4.86. The van der Waals surface area contributed by atoms with E-state index in [2.05, 4.69) is 29.3 Å². The van der Waals surface area contributed by atoms with E-state index in [9.17, 15) is 13.2 Å². The average Bonchev–Trinajstić information content (AvgIpc) is 3.07. The lowest BCUT2D eigenvalue weighted by atomic mass is 10.1. The second-order valence-corrected chi connectivity index (χ2v) is 7.11. The summed E-state index contributed by atoms with van der Waals surface area (Å²) in [4.78, 5) is 0. The van der Waals surface area contributed by atoms with E-state index in [1.54, 1.807) is 11.8 Å². The topological polar surface area (TPSA) is 39.9 Å². The number of hydrogen-bond donors (Lipinski definition) is 0. The van der Waals surface area contributed by atoms with Crippen molar-refractivity contribution in [1.82, 2.24) is 14.8 Å². The summed E-state index contributed by atoms with van der Waals surface area (Å²) < 4.78 is 45.9. The molecule has 148 valence electrons. The summed E-state index contributed by atoms with van der Waals surface area (Å²) >= 11 is 1.57. The van der Waals surface area contributed by atoms with Crippen LogP contribution < -0.4 is 4.74 Å². The van der Waals surface area contributed by atoms with Gasteiger partial charge in [0.2, 0.25) is 0 Å². The van der Waals surface area contributed by atoms with Crippen molar-refractivity contribution in [1.29, 1.82) is 0 Å². The number of alkyl halides is 3. The molecule has 3 aromatic rings. The van der Waals surface area contributed by atoms with Crippen LogP contribution in [-0.4, -0.2) is 14.8 Å². The lowest BCUT2D eigenvalue weighted by Gasteiger charge is -2.11. The molecular weight excluding hydrogens is 387 g/mol. The van der Waals surface area contributed by atoms with Crippen LogP contribution in [0.4, 0.5) is 13.2 Å². The van der Waals surface area contributed by atoms with Gasteiger partial charge in [0.1, 0.15) is 12.4 Å². The van der Waals surface area contributed by atoms with Crippen LogP contribution in [0.15, 0.2) is 53.7 Å². The Labute approximate surface area is 165 Å². The van der Waals surface area contributed by atoms with E-state index in [-0.39, 0.29) is 12.4 Å². The molecule has 1 aromatic heterocycles. The summed E-state index contributed by atoms with van der Waals surface area (Å²) in [6, 6.07) is 13.0. The quantitative estimate of drug-likeness (QED) is 0.485. The Balaban J connectivity index is 1.68. The van der Waals surface area contributed by atoms with Gasteiger partial charge in [-0.1, -0.05) is 42.1 Å². The second-order valence-electron chi connectivity index (χ2n) is 6.17. The van der Waals surface area contributed by atoms with Crippen LogP contribution in [0.2, 0.25) is 0 Å². The maximum absolute atomic E-state index is 12.8. The third-order valence-corrected chi connectivity index (χ3v) is 5.27. The number of aryl methyl sites for hydroxylation is 1. The van der Waals surface area contributed by atoms with E-state index in [1.807, 2.05) is 23.6 Å². The zero-order valence-corrected chi connectivity index (χ0v) is 16.3. The molecule has 3 rings (SSSR count). The molecule has 4 nitrogen and oxygen atoms in total. The Morgan fingerprint density at radius 3 is 2.57 bits per heavy atom. The fourth-order valence-corrected chi connectivity index (χ4v) is 3.77. The van der Waals surface area contributed by atoms with Gasteiger partial charge in [-0.05, 0) is 43.2 Å². The number of halogens is 3. The minimum absolute atomic E-state index is 0.0487. The molecular formula is C20H20F3N3OS. The number of nitrogens with zero attached hydrogens (tertiary/aromatic N) is 3. The monoisotopic (exact) mass is 407 g/mol. The molecule has 0 bridgehead atoms. The number of rotatable bonds is 7. The van der Waals surface area contributed by atoms with Crippen molar-refractivity contribution in [2.24, 2.45) is 0 Å². The molecule has 0 amide bonds.